The predicted octanol–water partition coefficient (Wildman–Crippen LogP) is 0.594. The quantitative estimate of drug-likeness (QED) is 0.771. The molecule has 2 aromatic heterocycles. The maximum absolute atomic E-state index is 11.7. The zero-order chi connectivity index (χ0) is 13.7. The second-order valence-corrected chi connectivity index (χ2v) is 4.17. The Labute approximate surface area is 111 Å². The van der Waals surface area contributed by atoms with Crippen molar-refractivity contribution in [3.63, 3.8) is 0 Å². The van der Waals surface area contributed by atoms with Gasteiger partial charge in [0.2, 0.25) is 0 Å². The number of aryl methyl sites for hydroxylation is 1. The van der Waals surface area contributed by atoms with Crippen LogP contribution in [0.2, 0.25) is 0 Å². The Morgan fingerprint density at radius 2 is 2.26 bits per heavy atom. The van der Waals surface area contributed by atoms with E-state index in [-0.39, 0.29) is 12.5 Å². The highest BCUT2D eigenvalue weighted by molar-refractivity contribution is 5.94. The Morgan fingerprint density at radius 1 is 1.42 bits per heavy atom. The van der Waals surface area contributed by atoms with Gasteiger partial charge in [-0.3, -0.25) is 14.5 Å². The zero-order valence-electron chi connectivity index (χ0n) is 10.7. The first-order chi connectivity index (χ1) is 9.20. The molecular weight excluding hydrogens is 244 g/mol. The molecule has 0 aliphatic carbocycles. The van der Waals surface area contributed by atoms with Gasteiger partial charge in [0.1, 0.15) is 0 Å². The second kappa shape index (κ2) is 6.10. The van der Waals surface area contributed by atoms with E-state index in [1.165, 1.54) is 6.20 Å². The number of hydrogen-bond donors (Lipinski definition) is 2. The molecule has 0 fully saturated rings. The Balaban J connectivity index is 2.04. The number of amides is 1. The summed E-state index contributed by atoms with van der Waals surface area (Å²) in [6, 6.07) is 3.52. The summed E-state index contributed by atoms with van der Waals surface area (Å²) in [5.41, 5.74) is 2.19. The Bertz CT molecular complexity index is 548. The van der Waals surface area contributed by atoms with Crippen LogP contribution < -0.4 is 5.32 Å². The fourth-order valence-electron chi connectivity index (χ4n) is 1.64. The molecule has 0 atom stereocenters. The van der Waals surface area contributed by atoms with Gasteiger partial charge in [0.05, 0.1) is 17.5 Å². The van der Waals surface area contributed by atoms with E-state index < -0.39 is 0 Å². The van der Waals surface area contributed by atoms with Crippen LogP contribution in [0.1, 0.15) is 16.8 Å². The summed E-state index contributed by atoms with van der Waals surface area (Å²) in [4.78, 5) is 16.0. The number of nitrogens with one attached hydrogen (secondary N) is 1. The molecule has 0 aromatic carbocycles. The number of aliphatic hydroxyl groups is 1. The van der Waals surface area contributed by atoms with Crippen LogP contribution in [0.25, 0.3) is 11.3 Å². The first-order valence-electron chi connectivity index (χ1n) is 6.05. The first kappa shape index (κ1) is 13.2. The van der Waals surface area contributed by atoms with Gasteiger partial charge in [-0.2, -0.15) is 5.10 Å². The highest BCUT2D eigenvalue weighted by Crippen LogP contribution is 2.15. The molecule has 0 unspecified atom stereocenters. The molecular formula is C13H16N4O2. The molecule has 1 amide bonds. The van der Waals surface area contributed by atoms with Gasteiger partial charge in [-0.1, -0.05) is 0 Å². The number of hydrogen-bond acceptors (Lipinski definition) is 4. The maximum Gasteiger partial charge on any atom is 0.252 e. The normalized spacial score (nSPS) is 10.4. The highest BCUT2D eigenvalue weighted by atomic mass is 16.3. The molecule has 2 heterocycles. The fourth-order valence-corrected chi connectivity index (χ4v) is 1.64. The zero-order valence-corrected chi connectivity index (χ0v) is 10.7. The van der Waals surface area contributed by atoms with Gasteiger partial charge >= 0.3 is 0 Å². The highest BCUT2D eigenvalue weighted by Gasteiger charge is 2.07. The van der Waals surface area contributed by atoms with Crippen molar-refractivity contribution in [1.29, 1.82) is 0 Å². The topological polar surface area (TPSA) is 80.0 Å². The lowest BCUT2D eigenvalue weighted by Gasteiger charge is -2.04. The van der Waals surface area contributed by atoms with E-state index in [4.69, 9.17) is 5.11 Å². The van der Waals surface area contributed by atoms with E-state index in [1.54, 1.807) is 23.0 Å². The van der Waals surface area contributed by atoms with Crippen molar-refractivity contribution in [2.75, 3.05) is 13.2 Å². The number of rotatable bonds is 5. The number of carbonyl (C=O) groups is 1. The standard InChI is InChI=1S/C13H16N4O2/c1-17-9-11(8-16-17)12-4-3-10(7-15-12)13(19)14-5-2-6-18/h3-4,7-9,18H,2,5-6H2,1H3,(H,14,19). The third kappa shape index (κ3) is 3.38. The van der Waals surface area contributed by atoms with Crippen molar-refractivity contribution in [2.24, 2.45) is 7.05 Å². The molecule has 6 heteroatoms. The summed E-state index contributed by atoms with van der Waals surface area (Å²) in [5.74, 6) is -0.182. The van der Waals surface area contributed by atoms with Crippen LogP contribution in [0.4, 0.5) is 0 Å². The molecule has 0 spiro atoms. The van der Waals surface area contributed by atoms with Crippen LogP contribution >= 0.6 is 0 Å². The summed E-state index contributed by atoms with van der Waals surface area (Å²) in [5, 5.41) is 15.4. The van der Waals surface area contributed by atoms with E-state index in [2.05, 4.69) is 15.4 Å². The minimum atomic E-state index is -0.182. The van der Waals surface area contributed by atoms with Crippen molar-refractivity contribution in [2.45, 2.75) is 6.42 Å². The molecule has 100 valence electrons. The van der Waals surface area contributed by atoms with E-state index >= 15 is 0 Å². The molecule has 0 saturated heterocycles. The third-order valence-electron chi connectivity index (χ3n) is 2.65. The number of aliphatic hydroxyl groups excluding tert-OH is 1. The predicted molar refractivity (Wildman–Crippen MR) is 70.5 cm³/mol. The molecule has 0 radical (unpaired) electrons. The lowest BCUT2D eigenvalue weighted by Crippen LogP contribution is -2.25. The number of nitrogens with zero attached hydrogens (tertiary/aromatic N) is 3. The molecule has 0 bridgehead atoms. The largest absolute Gasteiger partial charge is 0.396 e. The second-order valence-electron chi connectivity index (χ2n) is 4.17. The van der Waals surface area contributed by atoms with Crippen LogP contribution in [0.3, 0.4) is 0 Å². The van der Waals surface area contributed by atoms with Gasteiger partial charge in [-0.15, -0.1) is 0 Å². The summed E-state index contributed by atoms with van der Waals surface area (Å²) in [6.45, 7) is 0.526. The molecule has 19 heavy (non-hydrogen) atoms. The van der Waals surface area contributed by atoms with Crippen LogP contribution in [0.5, 0.6) is 0 Å². The molecule has 0 aliphatic rings. The molecule has 6 nitrogen and oxygen atoms in total. The van der Waals surface area contributed by atoms with Crippen molar-refractivity contribution in [3.8, 4) is 11.3 Å². The van der Waals surface area contributed by atoms with Gasteiger partial charge < -0.3 is 10.4 Å². The molecule has 0 aliphatic heterocycles. The summed E-state index contributed by atoms with van der Waals surface area (Å²) >= 11 is 0. The Kier molecular flexibility index (Phi) is 4.25. The minimum absolute atomic E-state index is 0.0679. The number of pyridine rings is 1. The summed E-state index contributed by atoms with van der Waals surface area (Å²) in [7, 11) is 1.84. The van der Waals surface area contributed by atoms with Gasteiger partial charge in [0.15, 0.2) is 0 Å². The SMILES string of the molecule is Cn1cc(-c2ccc(C(=O)NCCCO)cn2)cn1. The van der Waals surface area contributed by atoms with Gasteiger partial charge in [0.25, 0.3) is 5.91 Å². The van der Waals surface area contributed by atoms with Crippen LogP contribution in [-0.2, 0) is 7.05 Å². The molecule has 2 rings (SSSR count). The first-order valence-corrected chi connectivity index (χ1v) is 6.05. The van der Waals surface area contributed by atoms with E-state index in [9.17, 15) is 4.79 Å². The van der Waals surface area contributed by atoms with Crippen LogP contribution in [-0.4, -0.2) is 38.9 Å². The minimum Gasteiger partial charge on any atom is -0.396 e. The smallest absolute Gasteiger partial charge is 0.252 e. The summed E-state index contributed by atoms with van der Waals surface area (Å²) < 4.78 is 1.70. The monoisotopic (exact) mass is 260 g/mol. The lowest BCUT2D eigenvalue weighted by molar-refractivity contribution is 0.0951. The fraction of sp³-hybridized carbons (Fsp3) is 0.308. The average Bonchev–Trinajstić information content (AvgIpc) is 2.86. The Morgan fingerprint density at radius 3 is 2.84 bits per heavy atom. The van der Waals surface area contributed by atoms with Crippen molar-refractivity contribution in [3.05, 3.63) is 36.3 Å². The lowest BCUT2D eigenvalue weighted by atomic mass is 10.2. The molecule has 0 saturated carbocycles. The van der Waals surface area contributed by atoms with Crippen LogP contribution in [0.15, 0.2) is 30.7 Å². The molecule has 2 aromatic rings. The van der Waals surface area contributed by atoms with Crippen molar-refractivity contribution in [1.82, 2.24) is 20.1 Å². The molecule has 2 N–H and O–H groups in total. The van der Waals surface area contributed by atoms with Gasteiger partial charge in [-0.25, -0.2) is 0 Å². The van der Waals surface area contributed by atoms with E-state index in [1.807, 2.05) is 13.2 Å². The number of aromatic nitrogens is 3. The van der Waals surface area contributed by atoms with Crippen molar-refractivity contribution < 1.29 is 9.90 Å². The third-order valence-corrected chi connectivity index (χ3v) is 2.65. The van der Waals surface area contributed by atoms with E-state index in [0.717, 1.165) is 11.3 Å². The number of carbonyl (C=O) groups excluding carboxylic acids is 1. The maximum atomic E-state index is 11.7. The van der Waals surface area contributed by atoms with Gasteiger partial charge in [0, 0.05) is 38.2 Å². The van der Waals surface area contributed by atoms with Crippen molar-refractivity contribution >= 4 is 5.91 Å². The van der Waals surface area contributed by atoms with Gasteiger partial charge in [-0.05, 0) is 18.6 Å². The van der Waals surface area contributed by atoms with E-state index in [0.29, 0.717) is 18.5 Å². The van der Waals surface area contributed by atoms with Crippen LogP contribution in [0, 0.1) is 0 Å². The summed E-state index contributed by atoms with van der Waals surface area (Å²) in [6.07, 6.45) is 5.68. The Hall–Kier alpha value is -2.21. The average molecular weight is 260 g/mol.